The van der Waals surface area contributed by atoms with Crippen LogP contribution in [0.25, 0.3) is 0 Å². The number of esters is 1. The number of hydrogen-bond acceptors (Lipinski definition) is 6. The lowest BCUT2D eigenvalue weighted by Crippen LogP contribution is -2.27. The molecular formula is C25H25F3O6S2. The van der Waals surface area contributed by atoms with Crippen molar-refractivity contribution in [2.75, 3.05) is 6.61 Å². The minimum absolute atomic E-state index is 0.178. The van der Waals surface area contributed by atoms with Gasteiger partial charge in [0.25, 0.3) is 0 Å². The van der Waals surface area contributed by atoms with E-state index in [-0.39, 0.29) is 27.0 Å². The van der Waals surface area contributed by atoms with Gasteiger partial charge >= 0.3 is 21.6 Å². The highest BCUT2D eigenvalue weighted by molar-refractivity contribution is 8.33. The Morgan fingerprint density at radius 2 is 1.19 bits per heavy atom. The molecule has 0 atom stereocenters. The van der Waals surface area contributed by atoms with Crippen molar-refractivity contribution in [3.8, 4) is 5.75 Å². The number of alkyl halides is 3. The molecule has 0 fully saturated rings. The molecule has 0 N–H and O–H groups in total. The Hall–Kier alpha value is -3.02. The zero-order chi connectivity index (χ0) is 26.6. The largest absolute Gasteiger partial charge is 0.524 e. The van der Waals surface area contributed by atoms with Crippen molar-refractivity contribution in [3.63, 3.8) is 0 Å². The Kier molecular flexibility index (Phi) is 8.07. The highest BCUT2D eigenvalue weighted by Crippen LogP contribution is 2.70. The van der Waals surface area contributed by atoms with Crippen molar-refractivity contribution in [1.29, 1.82) is 0 Å². The smallest absolute Gasteiger partial charge is 0.482 e. The summed E-state index contributed by atoms with van der Waals surface area (Å²) in [4.78, 5) is 12.6. The van der Waals surface area contributed by atoms with Gasteiger partial charge in [-0.05, 0) is 79.6 Å². The molecule has 3 aromatic carbocycles. The zero-order valence-electron chi connectivity index (χ0n) is 19.7. The summed E-state index contributed by atoms with van der Waals surface area (Å²) in [5, 5.41) is 0. The van der Waals surface area contributed by atoms with Gasteiger partial charge in [-0.3, -0.25) is 0 Å². The second-order valence-corrected chi connectivity index (χ2v) is 12.9. The molecule has 0 aliphatic rings. The lowest BCUT2D eigenvalue weighted by Gasteiger charge is -2.39. The summed E-state index contributed by atoms with van der Waals surface area (Å²) in [6.07, 6.45) is 0. The van der Waals surface area contributed by atoms with Gasteiger partial charge in [0.05, 0.1) is 0 Å². The van der Waals surface area contributed by atoms with E-state index in [1.165, 1.54) is 48.5 Å². The Bertz CT molecular complexity index is 1230. The van der Waals surface area contributed by atoms with Gasteiger partial charge in [0.1, 0.15) is 11.4 Å². The van der Waals surface area contributed by atoms with Gasteiger partial charge in [-0.1, -0.05) is 36.4 Å². The number of benzene rings is 3. The van der Waals surface area contributed by atoms with Crippen molar-refractivity contribution in [2.24, 2.45) is 0 Å². The first-order valence-corrected chi connectivity index (χ1v) is 13.6. The van der Waals surface area contributed by atoms with E-state index in [9.17, 15) is 26.4 Å². The molecule has 0 spiro atoms. The van der Waals surface area contributed by atoms with Crippen molar-refractivity contribution in [2.45, 2.75) is 46.6 Å². The average Bonchev–Trinajstić information content (AvgIpc) is 2.81. The van der Waals surface area contributed by atoms with Crippen LogP contribution < -0.4 is 4.74 Å². The first-order valence-electron chi connectivity index (χ1n) is 10.7. The van der Waals surface area contributed by atoms with E-state index >= 15 is 0 Å². The van der Waals surface area contributed by atoms with E-state index < -0.39 is 37.5 Å². The molecule has 0 amide bonds. The lowest BCUT2D eigenvalue weighted by atomic mass is 10.2. The van der Waals surface area contributed by atoms with Crippen LogP contribution in [0.2, 0.25) is 0 Å². The third-order valence-electron chi connectivity index (χ3n) is 4.56. The first-order chi connectivity index (χ1) is 16.7. The average molecular weight is 543 g/mol. The quantitative estimate of drug-likeness (QED) is 0.240. The molecule has 0 bridgehead atoms. The van der Waals surface area contributed by atoms with E-state index in [0.29, 0.717) is 0 Å². The first kappa shape index (κ1) is 27.6. The van der Waals surface area contributed by atoms with Gasteiger partial charge in [-0.15, -0.1) is 0 Å². The van der Waals surface area contributed by atoms with Gasteiger partial charge in [-0.2, -0.15) is 25.2 Å². The predicted octanol–water partition coefficient (Wildman–Crippen LogP) is 6.47. The lowest BCUT2D eigenvalue weighted by molar-refractivity contribution is -0.157. The van der Waals surface area contributed by atoms with Gasteiger partial charge in [0, 0.05) is 14.7 Å². The molecular weight excluding hydrogens is 517 g/mol. The van der Waals surface area contributed by atoms with Crippen molar-refractivity contribution >= 4 is 26.4 Å². The maximum Gasteiger partial charge on any atom is 0.524 e. The Morgan fingerprint density at radius 1 is 0.750 bits per heavy atom. The molecule has 0 aromatic heterocycles. The summed E-state index contributed by atoms with van der Waals surface area (Å²) in [7, 11) is -9.40. The Morgan fingerprint density at radius 3 is 1.61 bits per heavy atom. The Labute approximate surface area is 209 Å². The molecule has 0 heterocycles. The molecule has 0 aliphatic carbocycles. The zero-order valence-corrected chi connectivity index (χ0v) is 21.3. The molecule has 0 unspecified atom stereocenters. The number of carbonyl (C=O) groups is 1. The summed E-state index contributed by atoms with van der Waals surface area (Å²) < 4.78 is 81.0. The van der Waals surface area contributed by atoms with E-state index in [4.69, 9.17) is 13.1 Å². The second kappa shape index (κ2) is 10.5. The van der Waals surface area contributed by atoms with Gasteiger partial charge in [0.15, 0.2) is 6.61 Å². The fourth-order valence-corrected chi connectivity index (χ4v) is 7.91. The van der Waals surface area contributed by atoms with Gasteiger partial charge in [0.2, 0.25) is 0 Å². The Balaban J connectivity index is 2.09. The minimum Gasteiger partial charge on any atom is -0.482 e. The van der Waals surface area contributed by atoms with Gasteiger partial charge < -0.3 is 9.47 Å². The topological polar surface area (TPSA) is 78.9 Å². The predicted molar refractivity (Wildman–Crippen MR) is 129 cm³/mol. The van der Waals surface area contributed by atoms with E-state index in [0.717, 1.165) is 0 Å². The molecule has 0 saturated carbocycles. The van der Waals surface area contributed by atoms with Gasteiger partial charge in [-0.25, -0.2) is 4.79 Å². The minimum atomic E-state index is -6.00. The summed E-state index contributed by atoms with van der Waals surface area (Å²) in [5.74, 6) is -0.363. The van der Waals surface area contributed by atoms with Crippen LogP contribution in [0.3, 0.4) is 0 Å². The molecule has 194 valence electrons. The number of ether oxygens (including phenoxy) is 2. The second-order valence-electron chi connectivity index (χ2n) is 8.50. The summed E-state index contributed by atoms with van der Waals surface area (Å²) in [6, 6.07) is 21.4. The van der Waals surface area contributed by atoms with Crippen molar-refractivity contribution in [1.82, 2.24) is 0 Å². The number of carbonyl (C=O) groups excluding carboxylic acids is 1. The summed E-state index contributed by atoms with van der Waals surface area (Å²) in [5.41, 5.74) is -6.33. The SMILES string of the molecule is CC(C)(C)OC(=O)COc1ccc(S(OS(=O)(=O)C(F)(F)F)(c2ccccc2)c2ccccc2)cc1. The number of rotatable bonds is 8. The van der Waals surface area contributed by atoms with Crippen LogP contribution in [-0.4, -0.2) is 32.1 Å². The van der Waals surface area contributed by atoms with Crippen LogP contribution in [0.5, 0.6) is 5.75 Å². The molecule has 3 aromatic rings. The van der Waals surface area contributed by atoms with Crippen LogP contribution in [0.4, 0.5) is 13.2 Å². The number of halogens is 3. The maximum atomic E-state index is 13.5. The van der Waals surface area contributed by atoms with Crippen molar-refractivity contribution < 1.29 is 39.5 Å². The molecule has 11 heteroatoms. The molecule has 3 rings (SSSR count). The van der Waals surface area contributed by atoms with Crippen LogP contribution in [0.15, 0.2) is 99.6 Å². The molecule has 6 nitrogen and oxygen atoms in total. The van der Waals surface area contributed by atoms with E-state index in [1.54, 1.807) is 57.2 Å². The maximum absolute atomic E-state index is 13.5. The van der Waals surface area contributed by atoms with Crippen LogP contribution in [-0.2, 0) is 23.3 Å². The molecule has 0 aliphatic heterocycles. The monoisotopic (exact) mass is 542 g/mol. The summed E-state index contributed by atoms with van der Waals surface area (Å²) in [6.45, 7) is 4.75. The van der Waals surface area contributed by atoms with Crippen LogP contribution in [0.1, 0.15) is 20.8 Å². The van der Waals surface area contributed by atoms with E-state index in [2.05, 4.69) is 0 Å². The molecule has 36 heavy (non-hydrogen) atoms. The fourth-order valence-electron chi connectivity index (χ4n) is 3.16. The summed E-state index contributed by atoms with van der Waals surface area (Å²) >= 11 is 0. The molecule has 0 saturated heterocycles. The fraction of sp³-hybridized carbons (Fsp3) is 0.240. The highest BCUT2D eigenvalue weighted by Gasteiger charge is 2.52. The number of hydrogen-bond donors (Lipinski definition) is 0. The molecule has 0 radical (unpaired) electrons. The van der Waals surface area contributed by atoms with E-state index in [1.807, 2.05) is 0 Å². The third-order valence-corrected chi connectivity index (χ3v) is 9.47. The normalized spacial score (nSPS) is 13.2. The standard InChI is InChI=1S/C25H25F3O6S2/c1-24(2,3)33-23(29)18-32-19-14-16-22(17-15-19)35(20-10-6-4-7-11-20,21-12-8-5-9-13-21)34-36(30,31)25(26,27)28/h4-17H,18H2,1-3H3. The van der Waals surface area contributed by atoms with Crippen LogP contribution >= 0.6 is 10.3 Å². The van der Waals surface area contributed by atoms with Crippen LogP contribution in [0, 0.1) is 0 Å². The third kappa shape index (κ3) is 6.40. The van der Waals surface area contributed by atoms with Crippen molar-refractivity contribution in [3.05, 3.63) is 84.9 Å². The highest BCUT2D eigenvalue weighted by atomic mass is 32.3.